The third kappa shape index (κ3) is 3.22. The Balaban J connectivity index is 1.46. The molecule has 2 aliphatic carbocycles. The molecular formula is C14H16O8S2. The van der Waals surface area contributed by atoms with Crippen LogP contribution >= 0.6 is 11.8 Å². The fourth-order valence-electron chi connectivity index (χ4n) is 3.60. The second-order valence-corrected chi connectivity index (χ2v) is 8.68. The molecule has 5 unspecified atom stereocenters. The zero-order valence-electron chi connectivity index (χ0n) is 12.6. The normalized spacial score (nSPS) is 34.8. The third-order valence-electron chi connectivity index (χ3n) is 4.53. The van der Waals surface area contributed by atoms with Crippen molar-refractivity contribution in [1.82, 2.24) is 0 Å². The summed E-state index contributed by atoms with van der Waals surface area (Å²) in [6, 6.07) is 0. The first-order valence-corrected chi connectivity index (χ1v) is 9.84. The molecule has 1 heterocycles. The van der Waals surface area contributed by atoms with Gasteiger partial charge < -0.3 is 9.47 Å². The minimum atomic E-state index is -3.56. The fourth-order valence-corrected chi connectivity index (χ4v) is 5.94. The van der Waals surface area contributed by atoms with E-state index < -0.39 is 46.1 Å². The average Bonchev–Trinajstić information content (AvgIpc) is 3.14. The van der Waals surface area contributed by atoms with Crippen LogP contribution in [0.5, 0.6) is 0 Å². The van der Waals surface area contributed by atoms with Gasteiger partial charge in [0.25, 0.3) is 10.1 Å². The lowest BCUT2D eigenvalue weighted by Crippen LogP contribution is -2.38. The van der Waals surface area contributed by atoms with Gasteiger partial charge in [0.1, 0.15) is 12.2 Å². The lowest BCUT2D eigenvalue weighted by Gasteiger charge is -2.24. The highest BCUT2D eigenvalue weighted by Gasteiger charge is 2.65. The van der Waals surface area contributed by atoms with Crippen LogP contribution in [-0.4, -0.2) is 55.3 Å². The van der Waals surface area contributed by atoms with Gasteiger partial charge in [0.15, 0.2) is 6.61 Å². The summed E-state index contributed by atoms with van der Waals surface area (Å²) < 4.78 is 38.7. The number of carbonyl (C=O) groups is 3. The van der Waals surface area contributed by atoms with Gasteiger partial charge in [0.05, 0.1) is 11.0 Å². The van der Waals surface area contributed by atoms with Crippen molar-refractivity contribution in [2.24, 2.45) is 11.8 Å². The van der Waals surface area contributed by atoms with Gasteiger partial charge >= 0.3 is 11.9 Å². The molecule has 0 aromatic heterocycles. The van der Waals surface area contributed by atoms with Gasteiger partial charge in [-0.05, 0) is 18.9 Å². The zero-order chi connectivity index (χ0) is 17.5. The lowest BCUT2D eigenvalue weighted by molar-refractivity contribution is -0.166. The predicted molar refractivity (Wildman–Crippen MR) is 82.3 cm³/mol. The van der Waals surface area contributed by atoms with Crippen molar-refractivity contribution in [1.29, 1.82) is 0 Å². The van der Waals surface area contributed by atoms with Crippen LogP contribution in [-0.2, 0) is 38.2 Å². The number of carbonyl (C=O) groups excluding carboxylic acids is 3. The molecule has 0 radical (unpaired) electrons. The van der Waals surface area contributed by atoms with Crippen LogP contribution in [0.15, 0.2) is 12.7 Å². The summed E-state index contributed by atoms with van der Waals surface area (Å²) in [6.07, 6.45) is 0.920. The van der Waals surface area contributed by atoms with E-state index in [9.17, 15) is 22.8 Å². The van der Waals surface area contributed by atoms with Gasteiger partial charge in [-0.1, -0.05) is 18.3 Å². The molecule has 5 atom stereocenters. The van der Waals surface area contributed by atoms with Crippen LogP contribution < -0.4 is 0 Å². The number of rotatable bonds is 6. The molecule has 0 spiro atoms. The first-order chi connectivity index (χ1) is 11.3. The molecule has 0 aromatic carbocycles. The molecule has 132 valence electrons. The van der Waals surface area contributed by atoms with E-state index in [2.05, 4.69) is 6.58 Å². The third-order valence-corrected chi connectivity index (χ3v) is 7.14. The second-order valence-electron chi connectivity index (χ2n) is 5.91. The topological polar surface area (TPSA) is 113 Å². The molecule has 2 saturated carbocycles. The van der Waals surface area contributed by atoms with E-state index in [0.717, 1.165) is 17.8 Å². The molecule has 1 saturated heterocycles. The van der Waals surface area contributed by atoms with Crippen molar-refractivity contribution in [3.63, 3.8) is 0 Å². The maximum Gasteiger partial charge on any atom is 0.344 e. The number of esters is 2. The molecule has 2 bridgehead atoms. The Morgan fingerprint density at radius 1 is 1.25 bits per heavy atom. The highest BCUT2D eigenvalue weighted by molar-refractivity contribution is 8.14. The average molecular weight is 376 g/mol. The Labute approximate surface area is 143 Å². The highest BCUT2D eigenvalue weighted by atomic mass is 32.2. The molecule has 0 aromatic rings. The maximum absolute atomic E-state index is 11.8. The molecule has 3 rings (SSSR count). The Morgan fingerprint density at radius 3 is 2.71 bits per heavy atom. The smallest absolute Gasteiger partial charge is 0.344 e. The predicted octanol–water partition coefficient (Wildman–Crippen LogP) is 0.0242. The van der Waals surface area contributed by atoms with Crippen LogP contribution in [0.2, 0.25) is 0 Å². The van der Waals surface area contributed by atoms with E-state index in [1.807, 2.05) is 0 Å². The molecular weight excluding hydrogens is 360 g/mol. The Kier molecular flexibility index (Phi) is 4.71. The van der Waals surface area contributed by atoms with Gasteiger partial charge in [0, 0.05) is 11.8 Å². The summed E-state index contributed by atoms with van der Waals surface area (Å²) in [5, 5.41) is -0.856. The van der Waals surface area contributed by atoms with E-state index in [1.165, 1.54) is 0 Å². The SMILES string of the molecule is C=CC(=O)SCC(=O)OCC(=O)OC1C2CC3C1OS(=O)(=O)C3C2. The van der Waals surface area contributed by atoms with E-state index in [0.29, 0.717) is 12.8 Å². The largest absolute Gasteiger partial charge is 0.457 e. The summed E-state index contributed by atoms with van der Waals surface area (Å²) in [4.78, 5) is 34.2. The van der Waals surface area contributed by atoms with E-state index in [4.69, 9.17) is 13.7 Å². The molecule has 24 heavy (non-hydrogen) atoms. The monoisotopic (exact) mass is 376 g/mol. The molecule has 0 N–H and O–H groups in total. The van der Waals surface area contributed by atoms with Crippen molar-refractivity contribution in [2.75, 3.05) is 12.4 Å². The number of hydrogen-bond donors (Lipinski definition) is 0. The quantitative estimate of drug-likeness (QED) is 0.360. The van der Waals surface area contributed by atoms with Crippen molar-refractivity contribution < 1.29 is 36.5 Å². The molecule has 3 fully saturated rings. The van der Waals surface area contributed by atoms with Crippen LogP contribution in [0.3, 0.4) is 0 Å². The van der Waals surface area contributed by atoms with Gasteiger partial charge in [-0.2, -0.15) is 8.42 Å². The molecule has 1 aliphatic heterocycles. The summed E-state index contributed by atoms with van der Waals surface area (Å²) in [6.45, 7) is 2.68. The van der Waals surface area contributed by atoms with Crippen molar-refractivity contribution in [3.05, 3.63) is 12.7 Å². The lowest BCUT2D eigenvalue weighted by atomic mass is 9.94. The molecule has 8 nitrogen and oxygen atoms in total. The number of thioether (sulfide) groups is 1. The summed E-state index contributed by atoms with van der Waals surface area (Å²) in [7, 11) is -3.56. The maximum atomic E-state index is 11.8. The van der Waals surface area contributed by atoms with Crippen LogP contribution in [0.1, 0.15) is 12.8 Å². The number of ether oxygens (including phenoxy) is 2. The molecule has 10 heteroatoms. The number of hydrogen-bond acceptors (Lipinski definition) is 9. The highest BCUT2D eigenvalue weighted by Crippen LogP contribution is 2.55. The number of fused-ring (bicyclic) bond motifs is 1. The first kappa shape index (κ1) is 17.4. The van der Waals surface area contributed by atoms with E-state index in [1.54, 1.807) is 0 Å². The molecule has 0 amide bonds. The standard InChI is InChI=1S/C14H16O8S2/c1-2-12(17)23-6-11(16)20-5-10(15)21-13-7-3-8-9(4-7)24(18,19)22-14(8)13/h2,7-9,13-14H,1,3-6H2. The molecule has 3 aliphatic rings. The van der Waals surface area contributed by atoms with Gasteiger partial charge in [-0.25, -0.2) is 4.79 Å². The Hall–Kier alpha value is -1.39. The van der Waals surface area contributed by atoms with E-state index >= 15 is 0 Å². The summed E-state index contributed by atoms with van der Waals surface area (Å²) >= 11 is 0.718. The van der Waals surface area contributed by atoms with Crippen molar-refractivity contribution in [2.45, 2.75) is 30.3 Å². The van der Waals surface area contributed by atoms with Crippen LogP contribution in [0, 0.1) is 11.8 Å². The van der Waals surface area contributed by atoms with E-state index in [-0.39, 0.29) is 22.7 Å². The second kappa shape index (κ2) is 6.49. The minimum absolute atomic E-state index is 0.0392. The summed E-state index contributed by atoms with van der Waals surface area (Å²) in [5.74, 6) is -1.87. The van der Waals surface area contributed by atoms with Gasteiger partial charge in [-0.3, -0.25) is 13.8 Å². The Bertz CT molecular complexity index is 685. The van der Waals surface area contributed by atoms with Crippen molar-refractivity contribution >= 4 is 38.9 Å². The fraction of sp³-hybridized carbons (Fsp3) is 0.643. The van der Waals surface area contributed by atoms with Crippen molar-refractivity contribution in [3.8, 4) is 0 Å². The summed E-state index contributed by atoms with van der Waals surface area (Å²) in [5.41, 5.74) is 0. The van der Waals surface area contributed by atoms with Gasteiger partial charge in [-0.15, -0.1) is 0 Å². The first-order valence-electron chi connectivity index (χ1n) is 7.38. The minimum Gasteiger partial charge on any atom is -0.457 e. The van der Waals surface area contributed by atoms with Gasteiger partial charge in [0.2, 0.25) is 5.12 Å². The van der Waals surface area contributed by atoms with Crippen LogP contribution in [0.25, 0.3) is 0 Å². The zero-order valence-corrected chi connectivity index (χ0v) is 14.2. The Morgan fingerprint density at radius 2 is 2.00 bits per heavy atom. The van der Waals surface area contributed by atoms with Crippen LogP contribution in [0.4, 0.5) is 0 Å².